The van der Waals surface area contributed by atoms with Crippen LogP contribution in [0.25, 0.3) is 11.3 Å². The van der Waals surface area contributed by atoms with Gasteiger partial charge in [-0.25, -0.2) is 9.18 Å². The Kier molecular flexibility index (Phi) is 3.80. The number of nitrogens with zero attached hydrogens (tertiary/aromatic N) is 2. The van der Waals surface area contributed by atoms with E-state index in [1.165, 1.54) is 12.1 Å². The molecule has 0 spiro atoms. The van der Waals surface area contributed by atoms with Crippen molar-refractivity contribution < 1.29 is 18.4 Å². The first-order valence-corrected chi connectivity index (χ1v) is 5.91. The lowest BCUT2D eigenvalue weighted by Gasteiger charge is -2.03. The highest BCUT2D eigenvalue weighted by atomic mass is 19.1. The number of ether oxygens (including phenoxy) is 1. The zero-order chi connectivity index (χ0) is 14.7. The molecule has 0 saturated carbocycles. The zero-order valence-corrected chi connectivity index (χ0v) is 10.9. The Labute approximate surface area is 114 Å². The Bertz CT molecular complexity index is 701. The molecule has 5 nitrogen and oxygen atoms in total. The number of nitriles is 1. The Morgan fingerprint density at radius 1 is 1.55 bits per heavy atom. The molecule has 0 atom stereocenters. The van der Waals surface area contributed by atoms with Crippen LogP contribution >= 0.6 is 0 Å². The van der Waals surface area contributed by atoms with Gasteiger partial charge in [-0.15, -0.1) is 0 Å². The maximum absolute atomic E-state index is 13.3. The smallest absolute Gasteiger partial charge is 0.344 e. The molecule has 6 heteroatoms. The topological polar surface area (TPSA) is 76.1 Å². The number of hydrogen-bond donors (Lipinski definition) is 0. The molecule has 1 heterocycles. The van der Waals surface area contributed by atoms with Crippen LogP contribution in [0.3, 0.4) is 0 Å². The van der Waals surface area contributed by atoms with Gasteiger partial charge in [-0.1, -0.05) is 5.16 Å². The highest BCUT2D eigenvalue weighted by Crippen LogP contribution is 2.27. The lowest BCUT2D eigenvalue weighted by atomic mass is 10.0. The maximum Gasteiger partial charge on any atom is 0.344 e. The van der Waals surface area contributed by atoms with Gasteiger partial charge in [-0.05, 0) is 32.0 Å². The number of carbonyl (C=O) groups is 1. The predicted molar refractivity (Wildman–Crippen MR) is 67.3 cm³/mol. The summed E-state index contributed by atoms with van der Waals surface area (Å²) in [4.78, 5) is 11.9. The Morgan fingerprint density at radius 3 is 2.95 bits per heavy atom. The van der Waals surface area contributed by atoms with Crippen molar-refractivity contribution in [3.8, 4) is 17.3 Å². The van der Waals surface area contributed by atoms with E-state index in [0.29, 0.717) is 11.3 Å². The molecule has 0 bridgehead atoms. The first-order valence-electron chi connectivity index (χ1n) is 5.91. The van der Waals surface area contributed by atoms with Crippen molar-refractivity contribution in [2.24, 2.45) is 0 Å². The molecule has 0 aliphatic rings. The molecule has 0 N–H and O–H groups in total. The summed E-state index contributed by atoms with van der Waals surface area (Å²) >= 11 is 0. The van der Waals surface area contributed by atoms with E-state index in [-0.39, 0.29) is 23.4 Å². The molecule has 0 amide bonds. The number of benzene rings is 1. The third-order valence-corrected chi connectivity index (χ3v) is 2.70. The fourth-order valence-electron chi connectivity index (χ4n) is 1.77. The fraction of sp³-hybridized carbons (Fsp3) is 0.214. The zero-order valence-electron chi connectivity index (χ0n) is 10.9. The van der Waals surface area contributed by atoms with Crippen molar-refractivity contribution in [2.75, 3.05) is 6.61 Å². The third kappa shape index (κ3) is 2.38. The van der Waals surface area contributed by atoms with Gasteiger partial charge < -0.3 is 9.26 Å². The van der Waals surface area contributed by atoms with Crippen molar-refractivity contribution >= 4 is 5.97 Å². The van der Waals surface area contributed by atoms with E-state index < -0.39 is 11.8 Å². The summed E-state index contributed by atoms with van der Waals surface area (Å²) in [6.45, 7) is 3.49. The average Bonchev–Trinajstić information content (AvgIpc) is 2.81. The quantitative estimate of drug-likeness (QED) is 0.804. The largest absolute Gasteiger partial charge is 0.462 e. The van der Waals surface area contributed by atoms with Gasteiger partial charge in [0, 0.05) is 5.56 Å². The second-order valence-electron chi connectivity index (χ2n) is 3.99. The molecule has 0 aliphatic heterocycles. The number of aromatic nitrogens is 1. The highest BCUT2D eigenvalue weighted by Gasteiger charge is 2.23. The Morgan fingerprint density at radius 2 is 2.30 bits per heavy atom. The molecule has 102 valence electrons. The lowest BCUT2D eigenvalue weighted by molar-refractivity contribution is 0.0525. The van der Waals surface area contributed by atoms with E-state index in [9.17, 15) is 9.18 Å². The third-order valence-electron chi connectivity index (χ3n) is 2.70. The van der Waals surface area contributed by atoms with E-state index in [0.717, 1.165) is 6.07 Å². The van der Waals surface area contributed by atoms with Crippen LogP contribution < -0.4 is 0 Å². The second kappa shape index (κ2) is 5.53. The molecule has 1 aromatic heterocycles. The molecular weight excluding hydrogens is 263 g/mol. The lowest BCUT2D eigenvalue weighted by Crippen LogP contribution is -2.06. The van der Waals surface area contributed by atoms with E-state index >= 15 is 0 Å². The predicted octanol–water partition coefficient (Wildman–Crippen LogP) is 2.84. The monoisotopic (exact) mass is 274 g/mol. The first kappa shape index (κ1) is 13.7. The number of aryl methyl sites for hydroxylation is 1. The Hall–Kier alpha value is -2.68. The number of carbonyl (C=O) groups excluding carboxylic acids is 1. The minimum Gasteiger partial charge on any atom is -0.462 e. The van der Waals surface area contributed by atoms with Gasteiger partial charge in [-0.2, -0.15) is 5.26 Å². The first-order chi connectivity index (χ1) is 9.58. The summed E-state index contributed by atoms with van der Waals surface area (Å²) in [6.07, 6.45) is 0. The molecule has 2 rings (SSSR count). The summed E-state index contributed by atoms with van der Waals surface area (Å²) in [5.74, 6) is -0.889. The van der Waals surface area contributed by atoms with Crippen LogP contribution in [-0.2, 0) is 4.74 Å². The summed E-state index contributed by atoms with van der Waals surface area (Å²) in [6, 6.07) is 5.62. The minimum absolute atomic E-state index is 0.127. The van der Waals surface area contributed by atoms with Crippen molar-refractivity contribution in [3.05, 3.63) is 40.9 Å². The molecule has 0 unspecified atom stereocenters. The van der Waals surface area contributed by atoms with E-state index in [4.69, 9.17) is 14.5 Å². The van der Waals surface area contributed by atoms with Crippen molar-refractivity contribution in [2.45, 2.75) is 13.8 Å². The van der Waals surface area contributed by atoms with Crippen LogP contribution in [0.4, 0.5) is 4.39 Å². The molecule has 1 aromatic carbocycles. The van der Waals surface area contributed by atoms with Gasteiger partial charge in [0.15, 0.2) is 0 Å². The summed E-state index contributed by atoms with van der Waals surface area (Å²) in [7, 11) is 0. The fourth-order valence-corrected chi connectivity index (χ4v) is 1.77. The van der Waals surface area contributed by atoms with Gasteiger partial charge >= 0.3 is 5.97 Å². The van der Waals surface area contributed by atoms with Gasteiger partial charge in [0.05, 0.1) is 12.2 Å². The normalized spacial score (nSPS) is 10.1. The van der Waals surface area contributed by atoms with Crippen molar-refractivity contribution in [3.63, 3.8) is 0 Å². The van der Waals surface area contributed by atoms with Crippen molar-refractivity contribution in [1.82, 2.24) is 5.16 Å². The van der Waals surface area contributed by atoms with Crippen LogP contribution in [0.2, 0.25) is 0 Å². The molecule has 0 radical (unpaired) electrons. The summed E-state index contributed by atoms with van der Waals surface area (Å²) in [5.41, 5.74) is 0.709. The van der Waals surface area contributed by atoms with Crippen LogP contribution in [-0.4, -0.2) is 17.7 Å². The van der Waals surface area contributed by atoms with Gasteiger partial charge in [0.2, 0.25) is 0 Å². The van der Waals surface area contributed by atoms with Gasteiger partial charge in [0.1, 0.15) is 28.9 Å². The van der Waals surface area contributed by atoms with E-state index in [2.05, 4.69) is 5.16 Å². The average molecular weight is 274 g/mol. The standard InChI is InChI=1S/C14H11FN2O3/c1-3-19-14(18)12-8(2)20-17-13(12)9-4-5-11(15)10(6-9)7-16/h4-6H,3H2,1-2H3. The number of hydrogen-bond acceptors (Lipinski definition) is 5. The van der Waals surface area contributed by atoms with Crippen LogP contribution in [0, 0.1) is 24.1 Å². The van der Waals surface area contributed by atoms with Crippen LogP contribution in [0.5, 0.6) is 0 Å². The summed E-state index contributed by atoms with van der Waals surface area (Å²) in [5, 5.41) is 12.6. The summed E-state index contributed by atoms with van der Waals surface area (Å²) < 4.78 is 23.2. The molecule has 2 aromatic rings. The molecule has 0 saturated heterocycles. The highest BCUT2D eigenvalue weighted by molar-refractivity contribution is 5.97. The second-order valence-corrected chi connectivity index (χ2v) is 3.99. The molecule has 0 fully saturated rings. The number of halogens is 1. The van der Waals surface area contributed by atoms with Crippen molar-refractivity contribution in [1.29, 1.82) is 5.26 Å². The number of esters is 1. The molecule has 0 aliphatic carbocycles. The Balaban J connectivity index is 2.54. The van der Waals surface area contributed by atoms with E-state index in [1.807, 2.05) is 0 Å². The van der Waals surface area contributed by atoms with Gasteiger partial charge in [0.25, 0.3) is 0 Å². The maximum atomic E-state index is 13.3. The van der Waals surface area contributed by atoms with Gasteiger partial charge in [-0.3, -0.25) is 0 Å². The SMILES string of the molecule is CCOC(=O)c1c(-c2ccc(F)c(C#N)c2)noc1C. The molecule has 20 heavy (non-hydrogen) atoms. The van der Waals surface area contributed by atoms with Crippen LogP contribution in [0.15, 0.2) is 22.7 Å². The minimum atomic E-state index is -0.630. The van der Waals surface area contributed by atoms with E-state index in [1.54, 1.807) is 19.9 Å². The van der Waals surface area contributed by atoms with Crippen LogP contribution in [0.1, 0.15) is 28.6 Å². The number of rotatable bonds is 3. The molecular formula is C14H11FN2O3.